The number of benzene rings is 1. The molecule has 0 amide bonds. The molecule has 0 aliphatic heterocycles. The second-order valence-electron chi connectivity index (χ2n) is 3.09. The smallest absolute Gasteiger partial charge is 0.117 e. The fraction of sp³-hybridized carbons (Fsp3) is 0.100. The molecule has 0 bridgehead atoms. The summed E-state index contributed by atoms with van der Waals surface area (Å²) in [4.78, 5) is 0. The molecule has 1 aromatic carbocycles. The number of hydrogen-bond acceptors (Lipinski definition) is 4. The second-order valence-corrected chi connectivity index (χ2v) is 4.17. The first-order valence-corrected chi connectivity index (χ1v) is 4.87. The Kier molecular flexibility index (Phi) is 1.83. The highest BCUT2D eigenvalue weighted by molar-refractivity contribution is 7.23. The molecule has 2 aromatic rings. The Bertz CT molecular complexity index is 551. The van der Waals surface area contributed by atoms with Gasteiger partial charge in [0.25, 0.3) is 0 Å². The molecular formula is C10H8N2OS. The Hall–Kier alpha value is -1.73. The van der Waals surface area contributed by atoms with Crippen LogP contribution in [-0.2, 0) is 0 Å². The third-order valence-corrected chi connectivity index (χ3v) is 3.08. The van der Waals surface area contributed by atoms with Crippen LogP contribution in [0.4, 0.5) is 5.00 Å². The van der Waals surface area contributed by atoms with Crippen molar-refractivity contribution >= 4 is 26.4 Å². The van der Waals surface area contributed by atoms with Crippen LogP contribution >= 0.6 is 11.3 Å². The summed E-state index contributed by atoms with van der Waals surface area (Å²) in [6.45, 7) is 1.86. The number of thiophene rings is 1. The molecular weight excluding hydrogens is 196 g/mol. The normalized spacial score (nSPS) is 10.3. The van der Waals surface area contributed by atoms with Crippen LogP contribution in [-0.4, -0.2) is 5.11 Å². The molecule has 14 heavy (non-hydrogen) atoms. The topological polar surface area (TPSA) is 70.0 Å². The molecule has 1 heterocycles. The van der Waals surface area contributed by atoms with E-state index in [1.807, 2.05) is 6.92 Å². The number of fused-ring (bicyclic) bond motifs is 1. The SMILES string of the molecule is Cc1cc(O)cc2sc(N)c(C#N)c12. The van der Waals surface area contributed by atoms with E-state index in [2.05, 4.69) is 6.07 Å². The molecule has 3 N–H and O–H groups in total. The van der Waals surface area contributed by atoms with Crippen LogP contribution in [0.5, 0.6) is 5.75 Å². The van der Waals surface area contributed by atoms with E-state index >= 15 is 0 Å². The number of nitriles is 1. The number of phenolic OH excluding ortho intramolecular Hbond substituents is 1. The van der Waals surface area contributed by atoms with Gasteiger partial charge in [0, 0.05) is 10.1 Å². The number of nitrogens with zero attached hydrogens (tertiary/aromatic N) is 1. The van der Waals surface area contributed by atoms with Crippen LogP contribution < -0.4 is 5.73 Å². The molecule has 0 unspecified atom stereocenters. The highest BCUT2D eigenvalue weighted by Gasteiger charge is 2.12. The van der Waals surface area contributed by atoms with Gasteiger partial charge < -0.3 is 10.8 Å². The van der Waals surface area contributed by atoms with Crippen molar-refractivity contribution in [3.63, 3.8) is 0 Å². The summed E-state index contributed by atoms with van der Waals surface area (Å²) in [7, 11) is 0. The molecule has 0 radical (unpaired) electrons. The Morgan fingerprint density at radius 3 is 2.86 bits per heavy atom. The van der Waals surface area contributed by atoms with Crippen molar-refractivity contribution in [3.05, 3.63) is 23.3 Å². The maximum absolute atomic E-state index is 9.37. The molecule has 0 spiro atoms. The lowest BCUT2D eigenvalue weighted by atomic mass is 10.1. The van der Waals surface area contributed by atoms with Gasteiger partial charge in [-0.2, -0.15) is 5.26 Å². The molecule has 4 heteroatoms. The number of aryl methyl sites for hydroxylation is 1. The van der Waals surface area contributed by atoms with Gasteiger partial charge in [0.2, 0.25) is 0 Å². The van der Waals surface area contributed by atoms with Crippen LogP contribution in [0, 0.1) is 18.3 Å². The lowest BCUT2D eigenvalue weighted by molar-refractivity contribution is 0.476. The van der Waals surface area contributed by atoms with Gasteiger partial charge in [-0.05, 0) is 24.6 Å². The standard InChI is InChI=1S/C10H8N2OS/c1-5-2-6(13)3-8-9(5)7(4-11)10(12)14-8/h2-3,13H,12H2,1H3. The lowest BCUT2D eigenvalue weighted by Gasteiger charge is -1.97. The average Bonchev–Trinajstić information content (AvgIpc) is 2.40. The largest absolute Gasteiger partial charge is 0.508 e. The maximum atomic E-state index is 9.37. The molecule has 0 saturated carbocycles. The number of nitrogens with two attached hydrogens (primary N) is 1. The quantitative estimate of drug-likeness (QED) is 0.692. The predicted molar refractivity (Wildman–Crippen MR) is 57.4 cm³/mol. The van der Waals surface area contributed by atoms with E-state index in [1.54, 1.807) is 12.1 Å². The van der Waals surface area contributed by atoms with E-state index in [0.717, 1.165) is 15.6 Å². The minimum absolute atomic E-state index is 0.209. The summed E-state index contributed by atoms with van der Waals surface area (Å²) in [5, 5.41) is 19.6. The third-order valence-electron chi connectivity index (χ3n) is 2.11. The highest BCUT2D eigenvalue weighted by Crippen LogP contribution is 2.37. The average molecular weight is 204 g/mol. The summed E-state index contributed by atoms with van der Waals surface area (Å²) >= 11 is 1.33. The first kappa shape index (κ1) is 8.85. The molecule has 0 saturated heterocycles. The molecule has 0 aliphatic carbocycles. The van der Waals surface area contributed by atoms with E-state index in [9.17, 15) is 5.11 Å². The first-order valence-electron chi connectivity index (χ1n) is 4.05. The minimum Gasteiger partial charge on any atom is -0.508 e. The van der Waals surface area contributed by atoms with E-state index in [-0.39, 0.29) is 5.75 Å². The van der Waals surface area contributed by atoms with Crippen LogP contribution in [0.1, 0.15) is 11.1 Å². The summed E-state index contributed by atoms with van der Waals surface area (Å²) in [6.07, 6.45) is 0. The Morgan fingerprint density at radius 1 is 1.50 bits per heavy atom. The van der Waals surface area contributed by atoms with Crippen LogP contribution in [0.2, 0.25) is 0 Å². The Morgan fingerprint density at radius 2 is 2.21 bits per heavy atom. The number of anilines is 1. The maximum Gasteiger partial charge on any atom is 0.117 e. The highest BCUT2D eigenvalue weighted by atomic mass is 32.1. The number of nitrogen functional groups attached to an aromatic ring is 1. The zero-order chi connectivity index (χ0) is 10.3. The second kappa shape index (κ2) is 2.89. The van der Waals surface area contributed by atoms with Crippen molar-refractivity contribution in [3.8, 4) is 11.8 Å². The predicted octanol–water partition coefficient (Wildman–Crippen LogP) is 2.37. The molecule has 0 fully saturated rings. The fourth-order valence-corrected chi connectivity index (χ4v) is 2.57. The van der Waals surface area contributed by atoms with Gasteiger partial charge in [0.15, 0.2) is 0 Å². The van der Waals surface area contributed by atoms with Crippen molar-refractivity contribution in [1.29, 1.82) is 5.26 Å². The number of phenols is 1. The van der Waals surface area contributed by atoms with Crippen molar-refractivity contribution in [2.24, 2.45) is 0 Å². The zero-order valence-corrected chi connectivity index (χ0v) is 8.35. The molecule has 0 aliphatic rings. The van der Waals surface area contributed by atoms with Gasteiger partial charge >= 0.3 is 0 Å². The van der Waals surface area contributed by atoms with E-state index < -0.39 is 0 Å². The van der Waals surface area contributed by atoms with Crippen molar-refractivity contribution < 1.29 is 5.11 Å². The lowest BCUT2D eigenvalue weighted by Crippen LogP contribution is -1.83. The zero-order valence-electron chi connectivity index (χ0n) is 7.53. The molecule has 0 atom stereocenters. The summed E-state index contributed by atoms with van der Waals surface area (Å²) in [5.74, 6) is 0.209. The van der Waals surface area contributed by atoms with Crippen LogP contribution in [0.25, 0.3) is 10.1 Å². The number of aromatic hydroxyl groups is 1. The van der Waals surface area contributed by atoms with E-state index in [1.165, 1.54) is 11.3 Å². The van der Waals surface area contributed by atoms with Gasteiger partial charge in [-0.1, -0.05) is 0 Å². The minimum atomic E-state index is 0.209. The summed E-state index contributed by atoms with van der Waals surface area (Å²) in [5.41, 5.74) is 7.09. The van der Waals surface area contributed by atoms with E-state index in [4.69, 9.17) is 11.0 Å². The summed E-state index contributed by atoms with van der Waals surface area (Å²) < 4.78 is 0.858. The van der Waals surface area contributed by atoms with Gasteiger partial charge in [-0.15, -0.1) is 11.3 Å². The third kappa shape index (κ3) is 1.10. The van der Waals surface area contributed by atoms with Gasteiger partial charge in [-0.3, -0.25) is 0 Å². The van der Waals surface area contributed by atoms with Gasteiger partial charge in [0.1, 0.15) is 16.8 Å². The number of rotatable bonds is 0. The first-order chi connectivity index (χ1) is 6.63. The molecule has 1 aromatic heterocycles. The van der Waals surface area contributed by atoms with Crippen molar-refractivity contribution in [2.45, 2.75) is 6.92 Å². The molecule has 2 rings (SSSR count). The van der Waals surface area contributed by atoms with Crippen molar-refractivity contribution in [2.75, 3.05) is 5.73 Å². The van der Waals surface area contributed by atoms with Crippen LogP contribution in [0.15, 0.2) is 12.1 Å². The van der Waals surface area contributed by atoms with Crippen molar-refractivity contribution in [1.82, 2.24) is 0 Å². The monoisotopic (exact) mass is 204 g/mol. The van der Waals surface area contributed by atoms with Crippen LogP contribution in [0.3, 0.4) is 0 Å². The van der Waals surface area contributed by atoms with Gasteiger partial charge in [0.05, 0.1) is 5.56 Å². The number of hydrogen-bond donors (Lipinski definition) is 2. The fourth-order valence-electron chi connectivity index (χ4n) is 1.54. The van der Waals surface area contributed by atoms with Gasteiger partial charge in [-0.25, -0.2) is 0 Å². The van der Waals surface area contributed by atoms with E-state index in [0.29, 0.717) is 10.6 Å². The molecule has 70 valence electrons. The summed E-state index contributed by atoms with van der Waals surface area (Å²) in [6, 6.07) is 5.35. The Labute approximate surface area is 85.0 Å². The Balaban J connectivity index is 2.97. The molecule has 3 nitrogen and oxygen atoms in total.